The van der Waals surface area contributed by atoms with Gasteiger partial charge in [0, 0.05) is 5.56 Å². The summed E-state index contributed by atoms with van der Waals surface area (Å²) < 4.78 is 0. The summed E-state index contributed by atoms with van der Waals surface area (Å²) >= 11 is 0. The highest BCUT2D eigenvalue weighted by molar-refractivity contribution is 6.31. The maximum atomic E-state index is 12.5. The van der Waals surface area contributed by atoms with Gasteiger partial charge in [-0.2, -0.15) is 0 Å². The van der Waals surface area contributed by atoms with Gasteiger partial charge in [0.05, 0.1) is 16.7 Å². The molecule has 0 fully saturated rings. The van der Waals surface area contributed by atoms with E-state index in [0.29, 0.717) is 12.0 Å². The third-order valence-corrected chi connectivity index (χ3v) is 3.71. The van der Waals surface area contributed by atoms with E-state index in [4.69, 9.17) is 0 Å². The van der Waals surface area contributed by atoms with Gasteiger partial charge in [-0.3, -0.25) is 9.59 Å². The lowest BCUT2D eigenvalue weighted by Crippen LogP contribution is -2.21. The molecule has 106 valence electrons. The van der Waals surface area contributed by atoms with Crippen molar-refractivity contribution in [3.63, 3.8) is 0 Å². The molecule has 3 N–H and O–H groups in total. The molecule has 0 saturated carbocycles. The number of ketones is 2. The molecule has 3 rings (SSSR count). The molecule has 0 aromatic heterocycles. The molecule has 2 aromatic rings. The zero-order valence-corrected chi connectivity index (χ0v) is 11.2. The molecular formula is C16H12O5. The van der Waals surface area contributed by atoms with Gasteiger partial charge < -0.3 is 15.3 Å². The van der Waals surface area contributed by atoms with Gasteiger partial charge in [0.15, 0.2) is 5.78 Å². The first kappa shape index (κ1) is 13.2. The lowest BCUT2D eigenvalue weighted by molar-refractivity contribution is 0.0971. The van der Waals surface area contributed by atoms with Crippen LogP contribution in [0.25, 0.3) is 0 Å². The fourth-order valence-corrected chi connectivity index (χ4v) is 2.66. The van der Waals surface area contributed by atoms with E-state index in [9.17, 15) is 24.9 Å². The normalized spacial score (nSPS) is 13.0. The Kier molecular flexibility index (Phi) is 2.73. The molecule has 0 aliphatic heterocycles. The molecule has 0 heterocycles. The summed E-state index contributed by atoms with van der Waals surface area (Å²) in [5, 5.41) is 30.1. The van der Waals surface area contributed by atoms with Crippen molar-refractivity contribution in [2.45, 2.75) is 13.3 Å². The predicted molar refractivity (Wildman–Crippen MR) is 74.1 cm³/mol. The Bertz CT molecular complexity index is 805. The molecule has 0 atom stereocenters. The predicted octanol–water partition coefficient (Wildman–Crippen LogP) is 2.14. The minimum Gasteiger partial charge on any atom is -0.507 e. The molecular weight excluding hydrogens is 272 g/mol. The van der Waals surface area contributed by atoms with E-state index >= 15 is 0 Å². The average molecular weight is 284 g/mol. The van der Waals surface area contributed by atoms with Crippen molar-refractivity contribution in [1.29, 1.82) is 0 Å². The zero-order chi connectivity index (χ0) is 15.3. The van der Waals surface area contributed by atoms with Crippen molar-refractivity contribution < 1.29 is 24.9 Å². The lowest BCUT2D eigenvalue weighted by atomic mass is 9.81. The number of benzene rings is 2. The van der Waals surface area contributed by atoms with Crippen molar-refractivity contribution in [2.24, 2.45) is 0 Å². The Balaban J connectivity index is 2.41. The SMILES string of the molecule is CCc1cc(O)c2c(c1O)C(=O)c1c(O)cccc1C2=O. The van der Waals surface area contributed by atoms with Crippen LogP contribution in [0.1, 0.15) is 44.3 Å². The largest absolute Gasteiger partial charge is 0.507 e. The maximum absolute atomic E-state index is 12.5. The fraction of sp³-hybridized carbons (Fsp3) is 0.125. The van der Waals surface area contributed by atoms with Crippen molar-refractivity contribution in [2.75, 3.05) is 0 Å². The smallest absolute Gasteiger partial charge is 0.202 e. The first-order valence-corrected chi connectivity index (χ1v) is 6.46. The molecule has 21 heavy (non-hydrogen) atoms. The lowest BCUT2D eigenvalue weighted by Gasteiger charge is -2.21. The van der Waals surface area contributed by atoms with Gasteiger partial charge >= 0.3 is 0 Å². The summed E-state index contributed by atoms with van der Waals surface area (Å²) in [6.45, 7) is 1.75. The molecule has 1 aliphatic carbocycles. The summed E-state index contributed by atoms with van der Waals surface area (Å²) in [5.41, 5.74) is -0.214. The molecule has 0 radical (unpaired) electrons. The highest BCUT2D eigenvalue weighted by Crippen LogP contribution is 2.41. The number of phenolic OH excluding ortho intramolecular Hbond substituents is 3. The minimum atomic E-state index is -0.666. The molecule has 0 unspecified atom stereocenters. The van der Waals surface area contributed by atoms with Gasteiger partial charge in [-0.15, -0.1) is 0 Å². The fourth-order valence-electron chi connectivity index (χ4n) is 2.66. The van der Waals surface area contributed by atoms with Crippen molar-refractivity contribution in [3.8, 4) is 17.2 Å². The molecule has 0 bridgehead atoms. The average Bonchev–Trinajstić information content (AvgIpc) is 2.46. The van der Waals surface area contributed by atoms with Crippen LogP contribution in [0.15, 0.2) is 24.3 Å². The monoisotopic (exact) mass is 284 g/mol. The second-order valence-electron chi connectivity index (χ2n) is 4.86. The minimum absolute atomic E-state index is 0.0199. The topological polar surface area (TPSA) is 94.8 Å². The van der Waals surface area contributed by atoms with E-state index in [2.05, 4.69) is 0 Å². The van der Waals surface area contributed by atoms with Gasteiger partial charge in [-0.25, -0.2) is 0 Å². The molecule has 5 heteroatoms. The van der Waals surface area contributed by atoms with E-state index in [0.717, 1.165) is 0 Å². The van der Waals surface area contributed by atoms with Crippen molar-refractivity contribution in [3.05, 3.63) is 52.1 Å². The Morgan fingerprint density at radius 2 is 1.62 bits per heavy atom. The van der Waals surface area contributed by atoms with Gasteiger partial charge in [0.25, 0.3) is 0 Å². The van der Waals surface area contributed by atoms with E-state index in [1.54, 1.807) is 6.92 Å². The van der Waals surface area contributed by atoms with Gasteiger partial charge in [0.1, 0.15) is 17.2 Å². The van der Waals surface area contributed by atoms with Crippen LogP contribution >= 0.6 is 0 Å². The van der Waals surface area contributed by atoms with Crippen LogP contribution in [0.5, 0.6) is 17.2 Å². The van der Waals surface area contributed by atoms with E-state index in [-0.39, 0.29) is 39.5 Å². The second kappa shape index (κ2) is 4.34. The summed E-state index contributed by atoms with van der Waals surface area (Å²) in [6, 6.07) is 5.44. The number of aryl methyl sites for hydroxylation is 1. The number of carbonyl (C=O) groups excluding carboxylic acids is 2. The maximum Gasteiger partial charge on any atom is 0.202 e. The number of hydrogen-bond donors (Lipinski definition) is 3. The Labute approximate surface area is 120 Å². The molecule has 1 aliphatic rings. The van der Waals surface area contributed by atoms with Crippen LogP contribution in [0, 0.1) is 0 Å². The Morgan fingerprint density at radius 3 is 2.29 bits per heavy atom. The molecule has 5 nitrogen and oxygen atoms in total. The highest BCUT2D eigenvalue weighted by atomic mass is 16.3. The van der Waals surface area contributed by atoms with Gasteiger partial charge in [-0.05, 0) is 24.1 Å². The first-order chi connectivity index (χ1) is 9.97. The van der Waals surface area contributed by atoms with Gasteiger partial charge in [0.2, 0.25) is 5.78 Å². The second-order valence-corrected chi connectivity index (χ2v) is 4.86. The number of hydrogen-bond acceptors (Lipinski definition) is 5. The molecule has 0 spiro atoms. The summed E-state index contributed by atoms with van der Waals surface area (Å²) in [5.74, 6) is -2.24. The number of aromatic hydroxyl groups is 3. The number of rotatable bonds is 1. The summed E-state index contributed by atoms with van der Waals surface area (Å²) in [6.07, 6.45) is 0.391. The molecule has 0 amide bonds. The molecule has 2 aromatic carbocycles. The first-order valence-electron chi connectivity index (χ1n) is 6.46. The van der Waals surface area contributed by atoms with E-state index in [1.165, 1.54) is 24.3 Å². The van der Waals surface area contributed by atoms with Crippen LogP contribution in [0.3, 0.4) is 0 Å². The van der Waals surface area contributed by atoms with Crippen molar-refractivity contribution >= 4 is 11.6 Å². The third-order valence-electron chi connectivity index (χ3n) is 3.71. The standard InChI is InChI=1S/C16H12O5/c1-2-7-6-10(18)12-13(14(7)19)16(21)11-8(15(12)20)4-3-5-9(11)17/h3-6,17-19H,2H2,1H3. The van der Waals surface area contributed by atoms with Crippen LogP contribution in [0.4, 0.5) is 0 Å². The highest BCUT2D eigenvalue weighted by Gasteiger charge is 2.36. The number of fused-ring (bicyclic) bond motifs is 2. The summed E-state index contributed by atoms with van der Waals surface area (Å²) in [4.78, 5) is 25.0. The van der Waals surface area contributed by atoms with E-state index < -0.39 is 11.6 Å². The van der Waals surface area contributed by atoms with Crippen LogP contribution in [-0.2, 0) is 6.42 Å². The van der Waals surface area contributed by atoms with Gasteiger partial charge in [-0.1, -0.05) is 19.1 Å². The molecule has 0 saturated heterocycles. The van der Waals surface area contributed by atoms with E-state index in [1.807, 2.05) is 0 Å². The quantitative estimate of drug-likeness (QED) is 0.595. The van der Waals surface area contributed by atoms with Crippen LogP contribution in [0.2, 0.25) is 0 Å². The zero-order valence-electron chi connectivity index (χ0n) is 11.2. The Morgan fingerprint density at radius 1 is 0.905 bits per heavy atom. The number of phenols is 3. The van der Waals surface area contributed by atoms with Crippen molar-refractivity contribution in [1.82, 2.24) is 0 Å². The van der Waals surface area contributed by atoms with Crippen LogP contribution in [-0.4, -0.2) is 26.9 Å². The van der Waals surface area contributed by atoms with Crippen LogP contribution < -0.4 is 0 Å². The number of carbonyl (C=O) groups is 2. The summed E-state index contributed by atoms with van der Waals surface area (Å²) in [7, 11) is 0. The third kappa shape index (κ3) is 1.64. The Hall–Kier alpha value is -2.82.